The van der Waals surface area contributed by atoms with Gasteiger partial charge in [-0.3, -0.25) is 23.8 Å². The van der Waals surface area contributed by atoms with E-state index in [1.165, 1.54) is 10.9 Å². The summed E-state index contributed by atoms with van der Waals surface area (Å²) < 4.78 is 39.0. The second-order valence-electron chi connectivity index (χ2n) is 8.07. The van der Waals surface area contributed by atoms with Crippen molar-refractivity contribution in [2.75, 3.05) is 23.4 Å². The number of rotatable bonds is 10. The molecule has 18 nitrogen and oxygen atoms in total. The summed E-state index contributed by atoms with van der Waals surface area (Å²) in [6, 6.07) is 7.98. The molecule has 0 aliphatic carbocycles. The number of carboxylic acids is 1. The minimum atomic E-state index is -5.27. The third kappa shape index (κ3) is 7.02. The molecule has 0 radical (unpaired) electrons. The Morgan fingerprint density at radius 3 is 2.46 bits per heavy atom. The van der Waals surface area contributed by atoms with E-state index in [0.717, 1.165) is 6.33 Å². The molecule has 6 atom stereocenters. The predicted octanol–water partition coefficient (Wildman–Crippen LogP) is 0.493. The number of amides is 2. The fourth-order valence-corrected chi connectivity index (χ4v) is 5.96. The summed E-state index contributed by atoms with van der Waals surface area (Å²) in [6.07, 6.45) is -5.24. The number of carbonyl (C=O) groups is 2. The zero-order valence-corrected chi connectivity index (χ0v) is 21.3. The fourth-order valence-electron chi connectivity index (χ4n) is 3.57. The standard InChI is InChI=1S/C19H22N6O12P2/c26-12(27)7-38(31,32)37-39(33,34)35-6-11-14(28)15(29)18(36-11)25-9-22-13-16(20-8-21-17(13)25)24-19(30)23-10-4-2-1-3-5-10/h1-5,8-9,11,14-15,18,28-29H,6-7H2,(H,26,27)(H,31,32)(H,33,34)(H2,20,21,23,24,30)/t11-,14+,15+,18-/m1/s1. The first-order valence-corrected chi connectivity index (χ1v) is 14.2. The first kappa shape index (κ1) is 28.7. The molecule has 2 aromatic heterocycles. The number of aliphatic hydroxyl groups excluding tert-OH is 2. The molecular formula is C19H22N6O12P2. The maximum absolute atomic E-state index is 12.4. The minimum Gasteiger partial charge on any atom is -0.481 e. The molecule has 0 spiro atoms. The zero-order valence-electron chi connectivity index (χ0n) is 19.5. The number of anilines is 2. The van der Waals surface area contributed by atoms with Gasteiger partial charge in [-0.15, -0.1) is 0 Å². The average Bonchev–Trinajstić information content (AvgIpc) is 3.38. The van der Waals surface area contributed by atoms with E-state index in [9.17, 15) is 38.7 Å². The van der Waals surface area contributed by atoms with Crippen LogP contribution in [0.3, 0.4) is 0 Å². The third-order valence-corrected chi connectivity index (χ3v) is 8.19. The summed E-state index contributed by atoms with van der Waals surface area (Å²) in [5.41, 5.74) is 0.719. The lowest BCUT2D eigenvalue weighted by atomic mass is 10.1. The highest BCUT2D eigenvalue weighted by Gasteiger charge is 2.46. The van der Waals surface area contributed by atoms with Crippen molar-refractivity contribution in [1.29, 1.82) is 0 Å². The molecule has 1 fully saturated rings. The van der Waals surface area contributed by atoms with Crippen LogP contribution in [0.15, 0.2) is 43.0 Å². The molecule has 4 rings (SSSR count). The number of nitrogens with zero attached hydrogens (tertiary/aromatic N) is 4. The number of hydrogen-bond donors (Lipinski definition) is 7. The molecule has 1 aromatic carbocycles. The molecule has 1 aliphatic heterocycles. The van der Waals surface area contributed by atoms with E-state index >= 15 is 0 Å². The number of urea groups is 1. The summed E-state index contributed by atoms with van der Waals surface area (Å²) >= 11 is 0. The molecule has 2 amide bonds. The summed E-state index contributed by atoms with van der Waals surface area (Å²) in [5.74, 6) is -1.74. The quantitative estimate of drug-likeness (QED) is 0.159. The van der Waals surface area contributed by atoms with Crippen molar-refractivity contribution in [2.24, 2.45) is 0 Å². The third-order valence-electron chi connectivity index (χ3n) is 5.20. The number of para-hydroxylation sites is 1. The maximum atomic E-state index is 12.4. The van der Waals surface area contributed by atoms with Crippen LogP contribution in [0.1, 0.15) is 6.23 Å². The van der Waals surface area contributed by atoms with E-state index in [1.807, 2.05) is 0 Å². The number of aliphatic carboxylic acids is 1. The molecule has 3 heterocycles. The molecule has 20 heteroatoms. The molecule has 3 aromatic rings. The van der Waals surface area contributed by atoms with Gasteiger partial charge in [-0.25, -0.2) is 28.6 Å². The number of nitrogens with one attached hydrogen (secondary N) is 2. The molecule has 2 unspecified atom stereocenters. The summed E-state index contributed by atoms with van der Waals surface area (Å²) in [6.45, 7) is -0.899. The van der Waals surface area contributed by atoms with Crippen LogP contribution in [0.2, 0.25) is 0 Å². The van der Waals surface area contributed by atoms with Crippen LogP contribution in [-0.2, 0) is 27.5 Å². The van der Waals surface area contributed by atoms with Gasteiger partial charge in [0.15, 0.2) is 23.2 Å². The van der Waals surface area contributed by atoms with Crippen LogP contribution in [-0.4, -0.2) is 87.7 Å². The highest BCUT2D eigenvalue weighted by Crippen LogP contribution is 2.59. The van der Waals surface area contributed by atoms with Crippen LogP contribution in [0, 0.1) is 0 Å². The minimum absolute atomic E-state index is 0.0215. The van der Waals surface area contributed by atoms with Crippen molar-refractivity contribution < 1.29 is 57.4 Å². The molecule has 1 aliphatic rings. The number of benzene rings is 1. The van der Waals surface area contributed by atoms with E-state index in [0.29, 0.717) is 5.69 Å². The number of carboxylic acid groups (broad SMARTS) is 1. The Kier molecular flexibility index (Phi) is 8.41. The van der Waals surface area contributed by atoms with Crippen molar-refractivity contribution in [2.45, 2.75) is 24.5 Å². The summed E-state index contributed by atoms with van der Waals surface area (Å²) in [5, 5.41) is 34.6. The first-order chi connectivity index (χ1) is 18.3. The largest absolute Gasteiger partial charge is 0.481 e. The smallest absolute Gasteiger partial charge is 0.479 e. The van der Waals surface area contributed by atoms with Crippen molar-refractivity contribution in [1.82, 2.24) is 19.5 Å². The van der Waals surface area contributed by atoms with E-state index in [1.54, 1.807) is 30.3 Å². The van der Waals surface area contributed by atoms with Crippen LogP contribution in [0.5, 0.6) is 0 Å². The number of phosphoric acid groups is 1. The Hall–Kier alpha value is -3.31. The number of ether oxygens (including phenoxy) is 1. The lowest BCUT2D eigenvalue weighted by Gasteiger charge is -2.19. The van der Waals surface area contributed by atoms with Crippen molar-refractivity contribution >= 4 is 50.1 Å². The molecule has 0 bridgehead atoms. The second-order valence-corrected chi connectivity index (χ2v) is 11.5. The lowest BCUT2D eigenvalue weighted by Crippen LogP contribution is -2.33. The van der Waals surface area contributed by atoms with Gasteiger partial charge >= 0.3 is 27.4 Å². The van der Waals surface area contributed by atoms with Gasteiger partial charge in [0, 0.05) is 5.69 Å². The Balaban J connectivity index is 1.44. The number of fused-ring (bicyclic) bond motifs is 1. The number of carbonyl (C=O) groups excluding carboxylic acids is 1. The molecule has 0 saturated carbocycles. The Morgan fingerprint density at radius 1 is 1.05 bits per heavy atom. The van der Waals surface area contributed by atoms with Crippen molar-refractivity contribution in [3.05, 3.63) is 43.0 Å². The lowest BCUT2D eigenvalue weighted by molar-refractivity contribution is -0.134. The van der Waals surface area contributed by atoms with Crippen molar-refractivity contribution in [3.63, 3.8) is 0 Å². The van der Waals surface area contributed by atoms with Crippen LogP contribution < -0.4 is 10.6 Å². The number of imidazole rings is 1. The SMILES string of the molecule is O=C(O)CP(=O)(O)OP(=O)(O)OC[C@H]1O[C@@H](n2cnc3c(NC(=O)Nc4ccccc4)ncnc32)[C@@H](O)[C@H]1O. The van der Waals surface area contributed by atoms with Crippen LogP contribution >= 0.6 is 15.4 Å². The number of aromatic nitrogens is 4. The molecule has 1 saturated heterocycles. The molecular weight excluding hydrogens is 566 g/mol. The van der Waals surface area contributed by atoms with E-state index < -0.39 is 64.7 Å². The highest BCUT2D eigenvalue weighted by molar-refractivity contribution is 7.64. The van der Waals surface area contributed by atoms with E-state index in [4.69, 9.17) is 9.84 Å². The highest BCUT2D eigenvalue weighted by atomic mass is 31.3. The summed E-state index contributed by atoms with van der Waals surface area (Å²) in [4.78, 5) is 54.2. The predicted molar refractivity (Wildman–Crippen MR) is 130 cm³/mol. The topological polar surface area (TPSA) is 265 Å². The van der Waals surface area contributed by atoms with Gasteiger partial charge in [-0.05, 0) is 12.1 Å². The average molecular weight is 588 g/mol. The van der Waals surface area contributed by atoms with Gasteiger partial charge < -0.3 is 35.2 Å². The Bertz CT molecular complexity index is 1460. The van der Waals surface area contributed by atoms with Gasteiger partial charge in [0.05, 0.1) is 12.9 Å². The number of aliphatic hydroxyl groups is 2. The van der Waals surface area contributed by atoms with Gasteiger partial charge in [0.1, 0.15) is 30.8 Å². The normalized spacial score (nSPS) is 24.1. The maximum Gasteiger partial charge on any atom is 0.479 e. The number of hydrogen-bond acceptors (Lipinski definition) is 12. The van der Waals surface area contributed by atoms with Crippen LogP contribution in [0.25, 0.3) is 11.2 Å². The molecule has 39 heavy (non-hydrogen) atoms. The number of phosphoric ester groups is 1. The van der Waals surface area contributed by atoms with Gasteiger partial charge in [-0.2, -0.15) is 0 Å². The van der Waals surface area contributed by atoms with Crippen LogP contribution in [0.4, 0.5) is 16.3 Å². The first-order valence-electron chi connectivity index (χ1n) is 10.9. The Labute approximate surface area is 218 Å². The van der Waals surface area contributed by atoms with E-state index in [-0.39, 0.29) is 17.0 Å². The molecule has 210 valence electrons. The van der Waals surface area contributed by atoms with Gasteiger partial charge in [-0.1, -0.05) is 18.2 Å². The fraction of sp³-hybridized carbons (Fsp3) is 0.316. The van der Waals surface area contributed by atoms with E-state index in [2.05, 4.69) is 34.4 Å². The second kappa shape index (κ2) is 11.4. The summed E-state index contributed by atoms with van der Waals surface area (Å²) in [7, 11) is -10.3. The van der Waals surface area contributed by atoms with Crippen molar-refractivity contribution in [3.8, 4) is 0 Å². The molecule has 7 N–H and O–H groups in total. The zero-order chi connectivity index (χ0) is 28.4. The van der Waals surface area contributed by atoms with Gasteiger partial charge in [0.2, 0.25) is 0 Å². The Morgan fingerprint density at radius 2 is 1.77 bits per heavy atom. The van der Waals surface area contributed by atoms with Gasteiger partial charge in [0.25, 0.3) is 0 Å². The monoisotopic (exact) mass is 588 g/mol.